The molecule has 1 spiro atoms. The van der Waals surface area contributed by atoms with Crippen molar-refractivity contribution in [3.63, 3.8) is 0 Å². The first-order valence-corrected chi connectivity index (χ1v) is 11.3. The lowest BCUT2D eigenvalue weighted by Gasteiger charge is -2.33. The molecule has 2 aromatic rings. The SMILES string of the molecule is Cc1ccccc1C(=O)Nc1ccnn1C1CCN(C(=O)[C@H]2CC23CCCC3)CC1. The number of likely N-dealkylation sites (tertiary alicyclic amines) is 1. The molecule has 2 aliphatic carbocycles. The van der Waals surface area contributed by atoms with E-state index in [4.69, 9.17) is 0 Å². The van der Waals surface area contributed by atoms with Gasteiger partial charge >= 0.3 is 0 Å². The quantitative estimate of drug-likeness (QED) is 0.828. The summed E-state index contributed by atoms with van der Waals surface area (Å²) in [5.41, 5.74) is 1.99. The molecule has 30 heavy (non-hydrogen) atoms. The average Bonchev–Trinajstić information content (AvgIpc) is 3.06. The molecule has 1 atom stereocenters. The van der Waals surface area contributed by atoms with Gasteiger partial charge in [-0.05, 0) is 56.1 Å². The number of amides is 2. The van der Waals surface area contributed by atoms with Gasteiger partial charge in [0, 0.05) is 30.6 Å². The molecule has 1 saturated heterocycles. The van der Waals surface area contributed by atoms with Gasteiger partial charge in [-0.25, -0.2) is 4.68 Å². The molecule has 0 unspecified atom stereocenters. The predicted octanol–water partition coefficient (Wildman–Crippen LogP) is 4.19. The van der Waals surface area contributed by atoms with Gasteiger partial charge in [-0.3, -0.25) is 9.59 Å². The molecule has 2 heterocycles. The summed E-state index contributed by atoms with van der Waals surface area (Å²) >= 11 is 0. The van der Waals surface area contributed by atoms with Gasteiger partial charge in [0.25, 0.3) is 5.91 Å². The van der Waals surface area contributed by atoms with Crippen LogP contribution in [-0.4, -0.2) is 39.6 Å². The summed E-state index contributed by atoms with van der Waals surface area (Å²) in [6, 6.07) is 9.64. The van der Waals surface area contributed by atoms with Crippen LogP contribution in [0.5, 0.6) is 0 Å². The van der Waals surface area contributed by atoms with E-state index in [-0.39, 0.29) is 17.9 Å². The summed E-state index contributed by atoms with van der Waals surface area (Å²) in [6.45, 7) is 3.50. The molecule has 158 valence electrons. The van der Waals surface area contributed by atoms with Gasteiger partial charge in [-0.15, -0.1) is 0 Å². The second-order valence-electron chi connectivity index (χ2n) is 9.31. The first-order chi connectivity index (χ1) is 14.6. The monoisotopic (exact) mass is 406 g/mol. The fraction of sp³-hybridized carbons (Fsp3) is 0.542. The molecule has 0 bridgehead atoms. The van der Waals surface area contributed by atoms with Crippen LogP contribution in [0.4, 0.5) is 5.82 Å². The highest BCUT2D eigenvalue weighted by molar-refractivity contribution is 6.04. The van der Waals surface area contributed by atoms with Crippen LogP contribution >= 0.6 is 0 Å². The van der Waals surface area contributed by atoms with E-state index in [0.717, 1.165) is 43.7 Å². The van der Waals surface area contributed by atoms with E-state index in [9.17, 15) is 9.59 Å². The van der Waals surface area contributed by atoms with Crippen LogP contribution in [0.15, 0.2) is 36.5 Å². The Bertz CT molecular complexity index is 952. The van der Waals surface area contributed by atoms with Gasteiger partial charge in [0.2, 0.25) is 5.91 Å². The summed E-state index contributed by atoms with van der Waals surface area (Å²) < 4.78 is 1.92. The Morgan fingerprint density at radius 2 is 1.83 bits per heavy atom. The molecule has 1 N–H and O–H groups in total. The third kappa shape index (κ3) is 3.42. The van der Waals surface area contributed by atoms with E-state index in [0.29, 0.717) is 16.9 Å². The van der Waals surface area contributed by atoms with Crippen LogP contribution in [0.2, 0.25) is 0 Å². The van der Waals surface area contributed by atoms with E-state index in [1.165, 1.54) is 25.7 Å². The first kappa shape index (κ1) is 19.3. The van der Waals surface area contributed by atoms with Crippen molar-refractivity contribution in [3.05, 3.63) is 47.7 Å². The zero-order chi connectivity index (χ0) is 20.7. The van der Waals surface area contributed by atoms with Crippen molar-refractivity contribution < 1.29 is 9.59 Å². The summed E-state index contributed by atoms with van der Waals surface area (Å²) in [5, 5.41) is 7.50. The van der Waals surface area contributed by atoms with Crippen LogP contribution in [0.3, 0.4) is 0 Å². The normalized spacial score (nSPS) is 23.0. The van der Waals surface area contributed by atoms with Crippen molar-refractivity contribution >= 4 is 17.6 Å². The fourth-order valence-electron chi connectivity index (χ4n) is 5.60. The van der Waals surface area contributed by atoms with E-state index < -0.39 is 0 Å². The van der Waals surface area contributed by atoms with Crippen LogP contribution in [0.25, 0.3) is 0 Å². The number of nitrogens with one attached hydrogen (secondary N) is 1. The maximum absolute atomic E-state index is 13.0. The van der Waals surface area contributed by atoms with Gasteiger partial charge in [0.05, 0.1) is 12.2 Å². The van der Waals surface area contributed by atoms with E-state index in [2.05, 4.69) is 15.3 Å². The number of aryl methyl sites for hydroxylation is 1. The molecule has 1 aliphatic heterocycles. The summed E-state index contributed by atoms with van der Waals surface area (Å²) in [6.07, 6.45) is 9.68. The largest absolute Gasteiger partial charge is 0.342 e. The van der Waals surface area contributed by atoms with Crippen molar-refractivity contribution in [1.82, 2.24) is 14.7 Å². The summed E-state index contributed by atoms with van der Waals surface area (Å²) in [4.78, 5) is 27.7. The number of benzene rings is 1. The Morgan fingerprint density at radius 1 is 1.10 bits per heavy atom. The number of nitrogens with zero attached hydrogens (tertiary/aromatic N) is 3. The Balaban J connectivity index is 1.20. The van der Waals surface area contributed by atoms with E-state index in [1.807, 2.05) is 41.9 Å². The second-order valence-corrected chi connectivity index (χ2v) is 9.31. The molecule has 2 saturated carbocycles. The van der Waals surface area contributed by atoms with Crippen LogP contribution < -0.4 is 5.32 Å². The molecular formula is C24H30N4O2. The fourth-order valence-corrected chi connectivity index (χ4v) is 5.60. The number of anilines is 1. The Morgan fingerprint density at radius 3 is 2.57 bits per heavy atom. The maximum atomic E-state index is 13.0. The average molecular weight is 407 g/mol. The molecule has 2 amide bonds. The van der Waals surface area contributed by atoms with Gasteiger partial charge in [-0.1, -0.05) is 31.0 Å². The Labute approximate surface area is 177 Å². The first-order valence-electron chi connectivity index (χ1n) is 11.3. The van der Waals surface area contributed by atoms with Crippen LogP contribution in [0.1, 0.15) is 66.9 Å². The molecule has 6 nitrogen and oxygen atoms in total. The van der Waals surface area contributed by atoms with E-state index in [1.54, 1.807) is 6.20 Å². The molecular weight excluding hydrogens is 376 g/mol. The van der Waals surface area contributed by atoms with Gasteiger partial charge in [-0.2, -0.15) is 5.10 Å². The minimum absolute atomic E-state index is 0.113. The standard InChI is InChI=1S/C24H30N4O2/c1-17-6-2-3-7-19(17)22(29)26-21-8-13-25-28(21)18-9-14-27(15-10-18)23(30)20-16-24(20)11-4-5-12-24/h2-3,6-8,13,18,20H,4-5,9-12,14-16H2,1H3,(H,26,29)/t20-/m1/s1. The van der Waals surface area contributed by atoms with Gasteiger partial charge < -0.3 is 10.2 Å². The number of hydrogen-bond acceptors (Lipinski definition) is 3. The molecule has 1 aromatic carbocycles. The summed E-state index contributed by atoms with van der Waals surface area (Å²) in [5.74, 6) is 1.27. The van der Waals surface area contributed by atoms with Crippen molar-refractivity contribution in [2.75, 3.05) is 18.4 Å². The maximum Gasteiger partial charge on any atom is 0.257 e. The van der Waals surface area contributed by atoms with Crippen molar-refractivity contribution in [1.29, 1.82) is 0 Å². The molecule has 6 heteroatoms. The van der Waals surface area contributed by atoms with Crippen molar-refractivity contribution in [2.45, 2.75) is 57.9 Å². The minimum Gasteiger partial charge on any atom is -0.342 e. The van der Waals surface area contributed by atoms with Crippen LogP contribution in [-0.2, 0) is 4.79 Å². The lowest BCUT2D eigenvalue weighted by Crippen LogP contribution is -2.41. The molecule has 5 rings (SSSR count). The van der Waals surface area contributed by atoms with E-state index >= 15 is 0 Å². The highest BCUT2D eigenvalue weighted by Gasteiger charge is 2.59. The molecule has 3 fully saturated rings. The molecule has 1 aromatic heterocycles. The number of aromatic nitrogens is 2. The zero-order valence-corrected chi connectivity index (χ0v) is 17.6. The van der Waals surface area contributed by atoms with Crippen molar-refractivity contribution in [3.8, 4) is 0 Å². The van der Waals surface area contributed by atoms with Gasteiger partial charge in [0.1, 0.15) is 5.82 Å². The number of hydrogen-bond donors (Lipinski definition) is 1. The Kier molecular flexibility index (Phi) is 4.88. The Hall–Kier alpha value is -2.63. The number of carbonyl (C=O) groups excluding carboxylic acids is 2. The topological polar surface area (TPSA) is 67.2 Å². The highest BCUT2D eigenvalue weighted by atomic mass is 16.2. The lowest BCUT2D eigenvalue weighted by atomic mass is 10.00. The van der Waals surface area contributed by atoms with Crippen molar-refractivity contribution in [2.24, 2.45) is 11.3 Å². The minimum atomic E-state index is -0.113. The lowest BCUT2D eigenvalue weighted by molar-refractivity contribution is -0.134. The molecule has 3 aliphatic rings. The molecule has 0 radical (unpaired) electrons. The number of piperidine rings is 1. The second kappa shape index (κ2) is 7.56. The number of rotatable bonds is 4. The third-order valence-corrected chi connectivity index (χ3v) is 7.51. The van der Waals surface area contributed by atoms with Gasteiger partial charge in [0.15, 0.2) is 0 Å². The summed E-state index contributed by atoms with van der Waals surface area (Å²) in [7, 11) is 0. The zero-order valence-electron chi connectivity index (χ0n) is 17.6. The van der Waals surface area contributed by atoms with Crippen LogP contribution in [0, 0.1) is 18.3 Å². The smallest absolute Gasteiger partial charge is 0.257 e. The number of carbonyl (C=O) groups is 2. The predicted molar refractivity (Wildman–Crippen MR) is 115 cm³/mol. The third-order valence-electron chi connectivity index (χ3n) is 7.51. The highest BCUT2D eigenvalue weighted by Crippen LogP contribution is 2.63.